The Morgan fingerprint density at radius 3 is 2.96 bits per heavy atom. The summed E-state index contributed by atoms with van der Waals surface area (Å²) in [6, 6.07) is 0.399. The van der Waals surface area contributed by atoms with E-state index in [1.807, 2.05) is 17.2 Å². The minimum atomic E-state index is 0.00696. The van der Waals surface area contributed by atoms with Crippen LogP contribution in [0.15, 0.2) is 5.38 Å². The number of hydrogen-bond acceptors (Lipinski definition) is 5. The molecule has 6 nitrogen and oxygen atoms in total. The van der Waals surface area contributed by atoms with E-state index >= 15 is 0 Å². The Kier molecular flexibility index (Phi) is 4.30. The normalized spacial score (nSPS) is 29.4. The van der Waals surface area contributed by atoms with E-state index in [9.17, 15) is 9.59 Å². The molecular formula is C17H23N3O3S. The largest absolute Gasteiger partial charge is 0.377 e. The molecule has 4 rings (SSSR count). The number of carbonyl (C=O) groups excluding carboxylic acids is 2. The van der Waals surface area contributed by atoms with Crippen molar-refractivity contribution in [1.29, 1.82) is 0 Å². The monoisotopic (exact) mass is 349 g/mol. The molecule has 1 aromatic rings. The summed E-state index contributed by atoms with van der Waals surface area (Å²) in [5, 5.41) is 5.79. The average molecular weight is 349 g/mol. The van der Waals surface area contributed by atoms with Crippen molar-refractivity contribution in [2.75, 3.05) is 19.7 Å². The Morgan fingerprint density at radius 2 is 2.25 bits per heavy atom. The minimum absolute atomic E-state index is 0.00696. The Balaban J connectivity index is 1.33. The van der Waals surface area contributed by atoms with Crippen molar-refractivity contribution in [2.45, 2.75) is 44.8 Å². The van der Waals surface area contributed by atoms with E-state index in [0.717, 1.165) is 30.8 Å². The van der Waals surface area contributed by atoms with Gasteiger partial charge < -0.3 is 15.0 Å². The first-order valence-corrected chi connectivity index (χ1v) is 9.60. The van der Waals surface area contributed by atoms with Crippen LogP contribution in [-0.2, 0) is 9.53 Å². The van der Waals surface area contributed by atoms with Gasteiger partial charge in [0.25, 0.3) is 5.91 Å². The third kappa shape index (κ3) is 3.32. The maximum absolute atomic E-state index is 12.6. The zero-order valence-electron chi connectivity index (χ0n) is 13.9. The van der Waals surface area contributed by atoms with Gasteiger partial charge >= 0.3 is 0 Å². The molecule has 1 aliphatic carbocycles. The molecule has 0 bridgehead atoms. The molecule has 3 atom stereocenters. The fourth-order valence-electron chi connectivity index (χ4n) is 3.80. The van der Waals surface area contributed by atoms with Gasteiger partial charge in [-0.1, -0.05) is 0 Å². The van der Waals surface area contributed by atoms with E-state index in [0.29, 0.717) is 43.1 Å². The summed E-state index contributed by atoms with van der Waals surface area (Å²) in [6.45, 7) is 3.99. The molecule has 2 aliphatic heterocycles. The van der Waals surface area contributed by atoms with Crippen LogP contribution in [0.2, 0.25) is 0 Å². The van der Waals surface area contributed by atoms with Crippen LogP contribution in [0.25, 0.3) is 0 Å². The molecule has 0 aromatic carbocycles. The lowest BCUT2D eigenvalue weighted by molar-refractivity contribution is -0.123. The number of aryl methyl sites for hydroxylation is 1. The number of fused-ring (bicyclic) bond motifs is 1. The molecule has 0 radical (unpaired) electrons. The number of rotatable bonds is 4. The molecule has 0 unspecified atom stereocenters. The van der Waals surface area contributed by atoms with Crippen molar-refractivity contribution in [1.82, 2.24) is 15.2 Å². The van der Waals surface area contributed by atoms with Crippen molar-refractivity contribution in [3.8, 4) is 0 Å². The van der Waals surface area contributed by atoms with E-state index in [4.69, 9.17) is 4.74 Å². The predicted molar refractivity (Wildman–Crippen MR) is 89.9 cm³/mol. The van der Waals surface area contributed by atoms with Crippen LogP contribution in [0.5, 0.6) is 0 Å². The van der Waals surface area contributed by atoms with Crippen LogP contribution in [0.1, 0.15) is 41.2 Å². The highest BCUT2D eigenvalue weighted by atomic mass is 32.1. The van der Waals surface area contributed by atoms with Gasteiger partial charge in [0.15, 0.2) is 0 Å². The van der Waals surface area contributed by atoms with Crippen LogP contribution in [-0.4, -0.2) is 53.5 Å². The molecule has 2 amide bonds. The number of piperidine rings is 1. The maximum Gasteiger partial charge on any atom is 0.273 e. The molecule has 0 spiro atoms. The Bertz CT molecular complexity index is 643. The minimum Gasteiger partial charge on any atom is -0.377 e. The first-order chi connectivity index (χ1) is 11.6. The lowest BCUT2D eigenvalue weighted by Gasteiger charge is -2.35. The molecule has 1 N–H and O–H groups in total. The summed E-state index contributed by atoms with van der Waals surface area (Å²) < 4.78 is 5.90. The number of nitrogens with one attached hydrogen (secondary N) is 1. The van der Waals surface area contributed by atoms with Gasteiger partial charge in [0.2, 0.25) is 5.91 Å². The van der Waals surface area contributed by atoms with Gasteiger partial charge in [0.05, 0.1) is 24.1 Å². The highest BCUT2D eigenvalue weighted by molar-refractivity contribution is 7.09. The van der Waals surface area contributed by atoms with Crippen molar-refractivity contribution < 1.29 is 14.3 Å². The first kappa shape index (κ1) is 16.0. The van der Waals surface area contributed by atoms with Crippen LogP contribution < -0.4 is 5.32 Å². The zero-order chi connectivity index (χ0) is 16.7. The van der Waals surface area contributed by atoms with E-state index < -0.39 is 0 Å². The number of hydrogen-bond donors (Lipinski definition) is 1. The maximum atomic E-state index is 12.6. The van der Waals surface area contributed by atoms with Gasteiger partial charge in [0.1, 0.15) is 5.69 Å². The van der Waals surface area contributed by atoms with E-state index in [2.05, 4.69) is 10.3 Å². The quantitative estimate of drug-likeness (QED) is 0.896. The summed E-state index contributed by atoms with van der Waals surface area (Å²) in [7, 11) is 0. The van der Waals surface area contributed by atoms with Crippen LogP contribution in [0, 0.1) is 18.8 Å². The summed E-state index contributed by atoms with van der Waals surface area (Å²) in [5.74, 6) is 0.852. The standard InChI is InChI=1S/C17H23N3O3S/c1-10-18-14(9-24-10)17(22)20-5-4-13-11(7-20)8-23-15(13)6-16(21)19-12-2-3-12/h9,11-13,15H,2-8H2,1H3,(H,19,21)/t11-,13-,15+/m1/s1. The Morgan fingerprint density at radius 1 is 1.42 bits per heavy atom. The summed E-state index contributed by atoms with van der Waals surface area (Å²) in [4.78, 5) is 30.8. The second-order valence-corrected chi connectivity index (χ2v) is 8.20. The van der Waals surface area contributed by atoms with Gasteiger partial charge in [-0.15, -0.1) is 11.3 Å². The fraction of sp³-hybridized carbons (Fsp3) is 0.706. The Hall–Kier alpha value is -1.47. The van der Waals surface area contributed by atoms with Crippen molar-refractivity contribution >= 4 is 23.2 Å². The second-order valence-electron chi connectivity index (χ2n) is 7.13. The highest BCUT2D eigenvalue weighted by Crippen LogP contribution is 2.36. The van der Waals surface area contributed by atoms with Crippen LogP contribution in [0.4, 0.5) is 0 Å². The second kappa shape index (κ2) is 6.44. The molecule has 24 heavy (non-hydrogen) atoms. The van der Waals surface area contributed by atoms with Crippen LogP contribution in [0.3, 0.4) is 0 Å². The number of nitrogens with zero attached hydrogens (tertiary/aromatic N) is 2. The zero-order valence-corrected chi connectivity index (χ0v) is 14.7. The molecule has 3 aliphatic rings. The molecule has 1 aromatic heterocycles. The molecule has 3 fully saturated rings. The smallest absolute Gasteiger partial charge is 0.273 e. The van der Waals surface area contributed by atoms with Gasteiger partial charge in [0, 0.05) is 30.4 Å². The van der Waals surface area contributed by atoms with Gasteiger partial charge in [-0.05, 0) is 32.1 Å². The topological polar surface area (TPSA) is 71.5 Å². The van der Waals surface area contributed by atoms with Crippen molar-refractivity contribution in [2.24, 2.45) is 11.8 Å². The highest BCUT2D eigenvalue weighted by Gasteiger charge is 2.43. The van der Waals surface area contributed by atoms with E-state index in [1.54, 1.807) is 0 Å². The number of amides is 2. The summed E-state index contributed by atoms with van der Waals surface area (Å²) in [5.41, 5.74) is 0.551. The number of aromatic nitrogens is 1. The van der Waals surface area contributed by atoms with Crippen molar-refractivity contribution in [3.63, 3.8) is 0 Å². The molecule has 2 saturated heterocycles. The lowest BCUT2D eigenvalue weighted by Crippen LogP contribution is -2.45. The average Bonchev–Trinajstić information content (AvgIpc) is 3.12. The SMILES string of the molecule is Cc1nc(C(=O)N2CC[C@@H]3[C@@H](CO[C@H]3CC(=O)NC3CC3)C2)cs1. The number of carbonyl (C=O) groups is 2. The number of ether oxygens (including phenoxy) is 1. The molecule has 130 valence electrons. The molecular weight excluding hydrogens is 326 g/mol. The predicted octanol–water partition coefficient (Wildman–Crippen LogP) is 1.60. The third-order valence-corrected chi connectivity index (χ3v) is 6.02. The number of thiazole rings is 1. The molecule has 1 saturated carbocycles. The van der Waals surface area contributed by atoms with Crippen LogP contribution >= 0.6 is 11.3 Å². The first-order valence-electron chi connectivity index (χ1n) is 8.72. The lowest BCUT2D eigenvalue weighted by atomic mass is 9.83. The Labute approximate surface area is 145 Å². The van der Waals surface area contributed by atoms with Crippen molar-refractivity contribution in [3.05, 3.63) is 16.1 Å². The van der Waals surface area contributed by atoms with Gasteiger partial charge in [-0.25, -0.2) is 4.98 Å². The fourth-order valence-corrected chi connectivity index (χ4v) is 4.39. The van der Waals surface area contributed by atoms with Gasteiger partial charge in [-0.3, -0.25) is 9.59 Å². The van der Waals surface area contributed by atoms with Gasteiger partial charge in [-0.2, -0.15) is 0 Å². The molecule has 3 heterocycles. The summed E-state index contributed by atoms with van der Waals surface area (Å²) >= 11 is 1.51. The van der Waals surface area contributed by atoms with E-state index in [-0.39, 0.29) is 17.9 Å². The molecule has 7 heteroatoms. The van der Waals surface area contributed by atoms with E-state index in [1.165, 1.54) is 11.3 Å². The summed E-state index contributed by atoms with van der Waals surface area (Å²) in [6.07, 6.45) is 3.58. The third-order valence-electron chi connectivity index (χ3n) is 5.25. The number of likely N-dealkylation sites (tertiary alicyclic amines) is 1.